The van der Waals surface area contributed by atoms with E-state index in [1.165, 1.54) is 0 Å². The van der Waals surface area contributed by atoms with Crippen LogP contribution < -0.4 is 5.32 Å². The van der Waals surface area contributed by atoms with Gasteiger partial charge in [0.05, 0.1) is 12.3 Å². The summed E-state index contributed by atoms with van der Waals surface area (Å²) in [5.74, 6) is -4.51. The minimum Gasteiger partial charge on any atom is -0.444 e. The highest BCUT2D eigenvalue weighted by atomic mass is 32.2. The van der Waals surface area contributed by atoms with Crippen molar-refractivity contribution in [3.8, 4) is 0 Å². The molecule has 0 aromatic rings. The van der Waals surface area contributed by atoms with Gasteiger partial charge in [-0.25, -0.2) is 13.6 Å². The summed E-state index contributed by atoms with van der Waals surface area (Å²) in [5, 5.41) is 1.83. The van der Waals surface area contributed by atoms with Crippen molar-refractivity contribution < 1.29 is 31.3 Å². The first-order chi connectivity index (χ1) is 7.81. The van der Waals surface area contributed by atoms with Gasteiger partial charge in [-0.2, -0.15) is 8.42 Å². The Bertz CT molecular complexity index is 388. The van der Waals surface area contributed by atoms with Crippen LogP contribution in [0.2, 0.25) is 0 Å². The standard InChI is InChI=1S/C9H17F2NO5S/c1-8(2,3)17-7(13)12-6-9(10,11)4-5-18(14,15)16/h4-6H2,1-3H3,(H,12,13)(H,14,15,16). The van der Waals surface area contributed by atoms with Crippen LogP contribution >= 0.6 is 0 Å². The molecule has 0 aromatic heterocycles. The topological polar surface area (TPSA) is 92.7 Å². The zero-order valence-corrected chi connectivity index (χ0v) is 11.2. The van der Waals surface area contributed by atoms with Crippen LogP contribution in [0, 0.1) is 0 Å². The number of ether oxygens (including phenoxy) is 1. The van der Waals surface area contributed by atoms with E-state index in [-0.39, 0.29) is 0 Å². The number of alkyl carbamates (subject to hydrolysis) is 1. The maximum atomic E-state index is 13.1. The number of carbonyl (C=O) groups excluding carboxylic acids is 1. The smallest absolute Gasteiger partial charge is 0.407 e. The molecule has 0 aliphatic carbocycles. The summed E-state index contributed by atoms with van der Waals surface area (Å²) in [6, 6.07) is 0. The molecule has 0 aliphatic heterocycles. The molecule has 0 radical (unpaired) electrons. The van der Waals surface area contributed by atoms with E-state index in [2.05, 4.69) is 0 Å². The number of halogens is 2. The first kappa shape index (κ1) is 17.0. The molecule has 0 heterocycles. The van der Waals surface area contributed by atoms with Gasteiger partial charge in [0.15, 0.2) is 0 Å². The second-order valence-corrected chi connectivity index (χ2v) is 6.32. The number of carbonyl (C=O) groups is 1. The van der Waals surface area contributed by atoms with Gasteiger partial charge >= 0.3 is 6.09 Å². The molecule has 1 amide bonds. The van der Waals surface area contributed by atoms with Gasteiger partial charge in [0, 0.05) is 6.42 Å². The lowest BCUT2D eigenvalue weighted by atomic mass is 10.2. The predicted molar refractivity (Wildman–Crippen MR) is 60.2 cm³/mol. The summed E-state index contributed by atoms with van der Waals surface area (Å²) in [5.41, 5.74) is -0.812. The molecule has 9 heteroatoms. The van der Waals surface area contributed by atoms with Crippen LogP contribution in [0.5, 0.6) is 0 Å². The third-order valence-corrected chi connectivity index (χ3v) is 2.34. The molecule has 0 fully saturated rings. The molecule has 0 saturated heterocycles. The van der Waals surface area contributed by atoms with Crippen molar-refractivity contribution in [2.75, 3.05) is 12.3 Å². The average molecular weight is 289 g/mol. The van der Waals surface area contributed by atoms with Gasteiger partial charge in [0.25, 0.3) is 16.0 Å². The summed E-state index contributed by atoms with van der Waals surface area (Å²) >= 11 is 0. The number of amides is 1. The van der Waals surface area contributed by atoms with Crippen molar-refractivity contribution in [3.63, 3.8) is 0 Å². The summed E-state index contributed by atoms with van der Waals surface area (Å²) in [7, 11) is -4.45. The number of rotatable bonds is 5. The Morgan fingerprint density at radius 3 is 2.22 bits per heavy atom. The molecule has 18 heavy (non-hydrogen) atoms. The zero-order valence-electron chi connectivity index (χ0n) is 10.4. The van der Waals surface area contributed by atoms with Crippen molar-refractivity contribution >= 4 is 16.2 Å². The highest BCUT2D eigenvalue weighted by Gasteiger charge is 2.31. The molecule has 0 aromatic carbocycles. The number of nitrogens with one attached hydrogen (secondary N) is 1. The second kappa shape index (κ2) is 5.79. The molecular weight excluding hydrogens is 272 g/mol. The van der Waals surface area contributed by atoms with Crippen molar-refractivity contribution in [1.29, 1.82) is 0 Å². The van der Waals surface area contributed by atoms with Crippen molar-refractivity contribution in [2.24, 2.45) is 0 Å². The highest BCUT2D eigenvalue weighted by molar-refractivity contribution is 7.85. The van der Waals surface area contributed by atoms with Crippen LogP contribution in [0.3, 0.4) is 0 Å². The third kappa shape index (κ3) is 10.2. The largest absolute Gasteiger partial charge is 0.444 e. The van der Waals surface area contributed by atoms with Gasteiger partial charge in [-0.15, -0.1) is 0 Å². The monoisotopic (exact) mass is 289 g/mol. The Morgan fingerprint density at radius 2 is 1.83 bits per heavy atom. The zero-order chi connectivity index (χ0) is 14.6. The molecule has 0 spiro atoms. The molecule has 0 atom stereocenters. The lowest BCUT2D eigenvalue weighted by molar-refractivity contribution is -0.00719. The number of hydrogen-bond acceptors (Lipinski definition) is 4. The van der Waals surface area contributed by atoms with Gasteiger partial charge in [-0.05, 0) is 20.8 Å². The Balaban J connectivity index is 4.15. The molecule has 108 valence electrons. The number of hydrogen-bond donors (Lipinski definition) is 2. The van der Waals surface area contributed by atoms with Crippen molar-refractivity contribution in [1.82, 2.24) is 5.32 Å². The van der Waals surface area contributed by atoms with Crippen molar-refractivity contribution in [2.45, 2.75) is 38.7 Å². The van der Waals surface area contributed by atoms with E-state index in [0.717, 1.165) is 0 Å². The van der Waals surface area contributed by atoms with Crippen LogP contribution in [0.1, 0.15) is 27.2 Å². The predicted octanol–water partition coefficient (Wildman–Crippen LogP) is 1.42. The van der Waals surface area contributed by atoms with E-state index in [4.69, 9.17) is 9.29 Å². The maximum Gasteiger partial charge on any atom is 0.407 e. The van der Waals surface area contributed by atoms with Gasteiger partial charge in [0.1, 0.15) is 5.60 Å². The van der Waals surface area contributed by atoms with Gasteiger partial charge < -0.3 is 10.1 Å². The molecule has 0 saturated carbocycles. The lowest BCUT2D eigenvalue weighted by Gasteiger charge is -2.21. The summed E-state index contributed by atoms with van der Waals surface area (Å²) in [6.45, 7) is 3.66. The summed E-state index contributed by atoms with van der Waals surface area (Å²) < 4.78 is 59.9. The lowest BCUT2D eigenvalue weighted by Crippen LogP contribution is -2.40. The molecule has 6 nitrogen and oxygen atoms in total. The summed E-state index contributed by atoms with van der Waals surface area (Å²) in [4.78, 5) is 11.1. The fourth-order valence-corrected chi connectivity index (χ4v) is 1.44. The van der Waals surface area contributed by atoms with Crippen LogP contribution in [-0.4, -0.2) is 42.9 Å². The second-order valence-electron chi connectivity index (χ2n) is 4.75. The molecule has 0 unspecified atom stereocenters. The van der Waals surface area contributed by atoms with Crippen molar-refractivity contribution in [3.05, 3.63) is 0 Å². The van der Waals surface area contributed by atoms with Crippen LogP contribution in [0.15, 0.2) is 0 Å². The maximum absolute atomic E-state index is 13.1. The minimum absolute atomic E-state index is 0.812. The van der Waals surface area contributed by atoms with E-state index in [9.17, 15) is 22.0 Å². The summed E-state index contributed by atoms with van der Waals surface area (Å²) in [6.07, 6.45) is -2.10. The van der Waals surface area contributed by atoms with Gasteiger partial charge in [-0.1, -0.05) is 0 Å². The van der Waals surface area contributed by atoms with E-state index < -0.39 is 46.5 Å². The first-order valence-electron chi connectivity index (χ1n) is 5.11. The SMILES string of the molecule is CC(C)(C)OC(=O)NCC(F)(F)CCS(=O)(=O)O. The van der Waals surface area contributed by atoms with E-state index in [1.54, 1.807) is 20.8 Å². The van der Waals surface area contributed by atoms with Crippen LogP contribution in [0.25, 0.3) is 0 Å². The average Bonchev–Trinajstić information content (AvgIpc) is 2.08. The van der Waals surface area contributed by atoms with Gasteiger partial charge in [0.2, 0.25) is 0 Å². The normalized spacial score (nSPS) is 13.2. The van der Waals surface area contributed by atoms with Crippen LogP contribution in [0.4, 0.5) is 13.6 Å². The Labute approximate surface area is 104 Å². The molecular formula is C9H17F2NO5S. The first-order valence-corrected chi connectivity index (χ1v) is 6.71. The molecule has 0 rings (SSSR count). The molecule has 2 N–H and O–H groups in total. The molecule has 0 bridgehead atoms. The molecule has 0 aliphatic rings. The van der Waals surface area contributed by atoms with E-state index in [1.807, 2.05) is 5.32 Å². The van der Waals surface area contributed by atoms with Crippen LogP contribution in [-0.2, 0) is 14.9 Å². The highest BCUT2D eigenvalue weighted by Crippen LogP contribution is 2.18. The number of alkyl halides is 2. The van der Waals surface area contributed by atoms with E-state index in [0.29, 0.717) is 0 Å². The minimum atomic E-state index is -4.45. The Hall–Kier alpha value is -0.960. The fourth-order valence-electron chi connectivity index (χ4n) is 0.882. The Morgan fingerprint density at radius 1 is 1.33 bits per heavy atom. The van der Waals surface area contributed by atoms with E-state index >= 15 is 0 Å². The van der Waals surface area contributed by atoms with Gasteiger partial charge in [-0.3, -0.25) is 4.55 Å². The fraction of sp³-hybridized carbons (Fsp3) is 0.889. The Kier molecular flexibility index (Phi) is 5.48. The quantitative estimate of drug-likeness (QED) is 0.747. The third-order valence-electron chi connectivity index (χ3n) is 1.62.